The molecule has 0 radical (unpaired) electrons. The lowest BCUT2D eigenvalue weighted by atomic mass is 9.93. The number of alkyl halides is 3. The van der Waals surface area contributed by atoms with Crippen LogP contribution < -0.4 is 0 Å². The molecule has 2 aromatic carbocycles. The molecule has 1 saturated carbocycles. The molecule has 1 heterocycles. The van der Waals surface area contributed by atoms with E-state index < -0.39 is 11.7 Å². The predicted octanol–water partition coefficient (Wildman–Crippen LogP) is 5.24. The Hall–Kier alpha value is -2.83. The van der Waals surface area contributed by atoms with Gasteiger partial charge in [0, 0.05) is 30.6 Å². The highest BCUT2D eigenvalue weighted by molar-refractivity contribution is 5.94. The number of piperidine rings is 1. The summed E-state index contributed by atoms with van der Waals surface area (Å²) in [6, 6.07) is 13.2. The van der Waals surface area contributed by atoms with Crippen molar-refractivity contribution in [1.29, 1.82) is 0 Å². The zero-order valence-electron chi connectivity index (χ0n) is 18.4. The second-order valence-electron chi connectivity index (χ2n) is 9.37. The lowest BCUT2D eigenvalue weighted by molar-refractivity contribution is -0.140. The molecular formula is C26H27F3N2O2. The highest BCUT2D eigenvalue weighted by Crippen LogP contribution is 2.43. The van der Waals surface area contributed by atoms with Crippen molar-refractivity contribution in [1.82, 2.24) is 9.80 Å². The van der Waals surface area contributed by atoms with Crippen molar-refractivity contribution in [2.45, 2.75) is 56.8 Å². The first-order chi connectivity index (χ1) is 15.8. The molecule has 0 spiro atoms. The highest BCUT2D eigenvalue weighted by atomic mass is 19.4. The number of hydrogen-bond acceptors (Lipinski definition) is 2. The first kappa shape index (κ1) is 22.0. The van der Waals surface area contributed by atoms with E-state index in [9.17, 15) is 22.8 Å². The summed E-state index contributed by atoms with van der Waals surface area (Å²) in [7, 11) is 0. The number of nitrogens with zero attached hydrogens (tertiary/aromatic N) is 2. The lowest BCUT2D eigenvalue weighted by Crippen LogP contribution is -2.46. The Morgan fingerprint density at radius 3 is 2.18 bits per heavy atom. The van der Waals surface area contributed by atoms with Gasteiger partial charge in [0.15, 0.2) is 0 Å². The van der Waals surface area contributed by atoms with Crippen LogP contribution in [0.3, 0.4) is 0 Å². The van der Waals surface area contributed by atoms with Crippen LogP contribution >= 0.6 is 0 Å². The number of fused-ring (bicyclic) bond motifs is 1. The maximum absolute atomic E-state index is 13.6. The molecule has 2 aromatic rings. The van der Waals surface area contributed by atoms with Gasteiger partial charge in [-0.25, -0.2) is 0 Å². The van der Waals surface area contributed by atoms with Crippen molar-refractivity contribution in [2.24, 2.45) is 5.92 Å². The molecule has 7 heteroatoms. The molecule has 5 rings (SSSR count). The highest BCUT2D eigenvalue weighted by Gasteiger charge is 2.43. The van der Waals surface area contributed by atoms with Gasteiger partial charge in [-0.15, -0.1) is 0 Å². The van der Waals surface area contributed by atoms with Gasteiger partial charge in [-0.2, -0.15) is 13.2 Å². The Kier molecular flexibility index (Phi) is 5.67. The van der Waals surface area contributed by atoms with Crippen molar-refractivity contribution in [3.8, 4) is 0 Å². The number of halogens is 3. The summed E-state index contributed by atoms with van der Waals surface area (Å²) in [5, 5.41) is 0. The van der Waals surface area contributed by atoms with Gasteiger partial charge in [0.25, 0.3) is 5.91 Å². The molecule has 0 bridgehead atoms. The maximum Gasteiger partial charge on any atom is 0.416 e. The van der Waals surface area contributed by atoms with E-state index in [1.54, 1.807) is 4.90 Å². The second kappa shape index (κ2) is 8.50. The van der Waals surface area contributed by atoms with E-state index in [1.807, 2.05) is 12.1 Å². The fourth-order valence-corrected chi connectivity index (χ4v) is 5.29. The summed E-state index contributed by atoms with van der Waals surface area (Å²) in [6.45, 7) is 0.881. The van der Waals surface area contributed by atoms with Gasteiger partial charge in [0.1, 0.15) is 0 Å². The third kappa shape index (κ3) is 4.37. The van der Waals surface area contributed by atoms with Gasteiger partial charge in [0.2, 0.25) is 5.91 Å². The molecule has 1 saturated heterocycles. The lowest BCUT2D eigenvalue weighted by Gasteiger charge is -2.37. The molecule has 4 nitrogen and oxygen atoms in total. The van der Waals surface area contributed by atoms with Crippen LogP contribution in [0, 0.1) is 5.92 Å². The van der Waals surface area contributed by atoms with E-state index in [1.165, 1.54) is 23.3 Å². The minimum Gasteiger partial charge on any atom is -0.339 e. The van der Waals surface area contributed by atoms with Crippen molar-refractivity contribution in [3.05, 3.63) is 70.8 Å². The van der Waals surface area contributed by atoms with Gasteiger partial charge < -0.3 is 9.80 Å². The number of likely N-dealkylation sites (tertiary alicyclic amines) is 1. The predicted molar refractivity (Wildman–Crippen MR) is 117 cm³/mol. The first-order valence-corrected chi connectivity index (χ1v) is 11.7. The number of benzene rings is 2. The Morgan fingerprint density at radius 1 is 0.879 bits per heavy atom. The van der Waals surface area contributed by atoms with Gasteiger partial charge >= 0.3 is 6.18 Å². The third-order valence-corrected chi connectivity index (χ3v) is 7.22. The van der Waals surface area contributed by atoms with Crippen molar-refractivity contribution in [2.75, 3.05) is 13.1 Å². The van der Waals surface area contributed by atoms with Crippen LogP contribution in [0.25, 0.3) is 0 Å². The van der Waals surface area contributed by atoms with Crippen LogP contribution in [0.4, 0.5) is 13.2 Å². The molecule has 2 aliphatic carbocycles. The standard InChI is InChI=1S/C26H27F3N2O2/c27-26(28,29)20-8-5-18(6-9-20)24(32)30-15-13-19(14-16-30)25(33)31(21-10-11-21)23-12-7-17-3-1-2-4-22(17)23/h1-6,8-9,19,21,23H,7,10-16H2. The molecular weight excluding hydrogens is 429 g/mol. The quantitative estimate of drug-likeness (QED) is 0.632. The zero-order valence-corrected chi connectivity index (χ0v) is 18.4. The number of carbonyl (C=O) groups excluding carboxylic acids is 2. The Bertz CT molecular complexity index is 1040. The van der Waals surface area contributed by atoms with Crippen LogP contribution in [0.5, 0.6) is 0 Å². The van der Waals surface area contributed by atoms with Crippen LogP contribution in [0.1, 0.15) is 65.2 Å². The summed E-state index contributed by atoms with van der Waals surface area (Å²) >= 11 is 0. The third-order valence-electron chi connectivity index (χ3n) is 7.22. The largest absolute Gasteiger partial charge is 0.416 e. The maximum atomic E-state index is 13.6. The average Bonchev–Trinajstić information content (AvgIpc) is 3.57. The van der Waals surface area contributed by atoms with Gasteiger partial charge in [-0.3, -0.25) is 9.59 Å². The molecule has 1 unspecified atom stereocenters. The molecule has 2 fully saturated rings. The van der Waals surface area contributed by atoms with Gasteiger partial charge in [-0.1, -0.05) is 24.3 Å². The van der Waals surface area contributed by atoms with Crippen molar-refractivity contribution in [3.63, 3.8) is 0 Å². The van der Waals surface area contributed by atoms with Crippen LogP contribution in [0.15, 0.2) is 48.5 Å². The van der Waals surface area contributed by atoms with E-state index in [4.69, 9.17) is 0 Å². The van der Waals surface area contributed by atoms with E-state index in [0.29, 0.717) is 32.0 Å². The second-order valence-corrected chi connectivity index (χ2v) is 9.37. The normalized spacial score (nSPS) is 21.1. The van der Waals surface area contributed by atoms with E-state index in [2.05, 4.69) is 17.0 Å². The molecule has 33 heavy (non-hydrogen) atoms. The van der Waals surface area contributed by atoms with Crippen molar-refractivity contribution >= 4 is 11.8 Å². The Labute approximate surface area is 191 Å². The first-order valence-electron chi connectivity index (χ1n) is 11.7. The number of amides is 2. The Morgan fingerprint density at radius 2 is 1.55 bits per heavy atom. The summed E-state index contributed by atoms with van der Waals surface area (Å²) in [6.07, 6.45) is 0.814. The molecule has 1 aliphatic heterocycles. The summed E-state index contributed by atoms with van der Waals surface area (Å²) in [5.41, 5.74) is 2.08. The minimum atomic E-state index is -4.42. The van der Waals surface area contributed by atoms with Gasteiger partial charge in [0.05, 0.1) is 11.6 Å². The fourth-order valence-electron chi connectivity index (χ4n) is 5.29. The summed E-state index contributed by atoms with van der Waals surface area (Å²) < 4.78 is 38.3. The molecule has 3 aliphatic rings. The van der Waals surface area contributed by atoms with E-state index in [0.717, 1.165) is 37.8 Å². The number of aryl methyl sites for hydroxylation is 1. The average molecular weight is 457 g/mol. The van der Waals surface area contributed by atoms with Gasteiger partial charge in [-0.05, 0) is 73.9 Å². The zero-order chi connectivity index (χ0) is 23.2. The number of carbonyl (C=O) groups is 2. The summed E-state index contributed by atoms with van der Waals surface area (Å²) in [4.78, 5) is 30.1. The minimum absolute atomic E-state index is 0.116. The number of hydrogen-bond donors (Lipinski definition) is 0. The molecule has 2 amide bonds. The van der Waals surface area contributed by atoms with Crippen molar-refractivity contribution < 1.29 is 22.8 Å². The molecule has 174 valence electrons. The van der Waals surface area contributed by atoms with E-state index in [-0.39, 0.29) is 29.3 Å². The molecule has 0 aromatic heterocycles. The van der Waals surface area contributed by atoms with E-state index >= 15 is 0 Å². The SMILES string of the molecule is O=C(c1ccc(C(F)(F)F)cc1)N1CCC(C(=O)N(C2CC2)C2CCc3ccccc32)CC1. The van der Waals surface area contributed by atoms with Crippen LogP contribution in [0.2, 0.25) is 0 Å². The number of rotatable bonds is 4. The monoisotopic (exact) mass is 456 g/mol. The molecule has 1 atom stereocenters. The summed E-state index contributed by atoms with van der Waals surface area (Å²) in [5.74, 6) is -0.200. The van der Waals surface area contributed by atoms with Crippen LogP contribution in [-0.4, -0.2) is 40.7 Å². The smallest absolute Gasteiger partial charge is 0.339 e. The Balaban J connectivity index is 1.23. The molecule has 0 N–H and O–H groups in total. The topological polar surface area (TPSA) is 40.6 Å². The van der Waals surface area contributed by atoms with Crippen LogP contribution in [-0.2, 0) is 17.4 Å². The fraction of sp³-hybridized carbons (Fsp3) is 0.462.